The highest BCUT2D eigenvalue weighted by atomic mass is 35.5. The molecular formula is C12H19ClN2O. The van der Waals surface area contributed by atoms with Gasteiger partial charge in [-0.3, -0.25) is 4.79 Å². The monoisotopic (exact) mass is 242 g/mol. The zero-order chi connectivity index (χ0) is 11.3. The van der Waals surface area contributed by atoms with Crippen LogP contribution >= 0.6 is 12.4 Å². The smallest absolute Gasteiger partial charge is 0.228 e. The van der Waals surface area contributed by atoms with Gasteiger partial charge in [0.05, 0.1) is 0 Å². The largest absolute Gasteiger partial charge is 0.330 e. The third-order valence-electron chi connectivity index (χ3n) is 2.43. The minimum absolute atomic E-state index is 0. The summed E-state index contributed by atoms with van der Waals surface area (Å²) in [6, 6.07) is 7.87. The van der Waals surface area contributed by atoms with Gasteiger partial charge >= 0.3 is 0 Å². The van der Waals surface area contributed by atoms with Crippen LogP contribution in [0, 0.1) is 5.92 Å². The van der Waals surface area contributed by atoms with Crippen molar-refractivity contribution in [3.63, 3.8) is 0 Å². The Morgan fingerprint density at radius 3 is 2.38 bits per heavy atom. The molecule has 3 N–H and O–H groups in total. The summed E-state index contributed by atoms with van der Waals surface area (Å²) < 4.78 is 0. The highest BCUT2D eigenvalue weighted by Gasteiger charge is 2.10. The van der Waals surface area contributed by atoms with Gasteiger partial charge in [0.2, 0.25) is 5.91 Å². The summed E-state index contributed by atoms with van der Waals surface area (Å²) in [5.41, 5.74) is 7.51. The summed E-state index contributed by atoms with van der Waals surface area (Å²) in [5.74, 6) is -0.169. The molecule has 0 spiro atoms. The van der Waals surface area contributed by atoms with Gasteiger partial charge < -0.3 is 11.1 Å². The van der Waals surface area contributed by atoms with E-state index in [1.807, 2.05) is 31.2 Å². The Labute approximate surface area is 103 Å². The first-order valence-electron chi connectivity index (χ1n) is 5.27. The zero-order valence-corrected chi connectivity index (χ0v) is 10.5. The second-order valence-corrected chi connectivity index (χ2v) is 3.68. The lowest BCUT2D eigenvalue weighted by Gasteiger charge is -2.10. The Balaban J connectivity index is 0.00000225. The fourth-order valence-electron chi connectivity index (χ4n) is 1.20. The summed E-state index contributed by atoms with van der Waals surface area (Å²) >= 11 is 0. The van der Waals surface area contributed by atoms with Crippen molar-refractivity contribution in [2.45, 2.75) is 20.3 Å². The standard InChI is InChI=1S/C12H18N2O.ClH/c1-3-10-4-6-11(7-5-10)14-12(15)9(2)8-13;/h4-7,9H,3,8,13H2,1-2H3,(H,14,15);1H. The minimum Gasteiger partial charge on any atom is -0.330 e. The summed E-state index contributed by atoms with van der Waals surface area (Å²) in [5, 5.41) is 2.82. The second kappa shape index (κ2) is 7.25. The number of anilines is 1. The molecule has 0 saturated carbocycles. The van der Waals surface area contributed by atoms with Crippen molar-refractivity contribution in [3.05, 3.63) is 29.8 Å². The average molecular weight is 243 g/mol. The number of hydrogen-bond acceptors (Lipinski definition) is 2. The van der Waals surface area contributed by atoms with Crippen molar-refractivity contribution in [2.75, 3.05) is 11.9 Å². The molecule has 3 nitrogen and oxygen atoms in total. The Bertz CT molecular complexity index is 324. The number of carbonyl (C=O) groups is 1. The first-order chi connectivity index (χ1) is 7.17. The molecule has 1 amide bonds. The summed E-state index contributed by atoms with van der Waals surface area (Å²) in [6.45, 7) is 4.29. The summed E-state index contributed by atoms with van der Waals surface area (Å²) in [6.07, 6.45) is 1.01. The number of benzene rings is 1. The van der Waals surface area contributed by atoms with Crippen LogP contribution in [0.3, 0.4) is 0 Å². The molecule has 90 valence electrons. The third kappa shape index (κ3) is 4.21. The number of halogens is 1. The molecule has 0 saturated heterocycles. The fraction of sp³-hybridized carbons (Fsp3) is 0.417. The predicted octanol–water partition coefficient (Wildman–Crippen LogP) is 2.20. The van der Waals surface area contributed by atoms with Crippen LogP contribution in [-0.4, -0.2) is 12.5 Å². The predicted molar refractivity (Wildman–Crippen MR) is 69.9 cm³/mol. The van der Waals surface area contributed by atoms with E-state index in [4.69, 9.17) is 5.73 Å². The molecule has 0 aliphatic heterocycles. The van der Waals surface area contributed by atoms with Gasteiger partial charge in [-0.2, -0.15) is 0 Å². The van der Waals surface area contributed by atoms with Crippen molar-refractivity contribution in [1.82, 2.24) is 0 Å². The number of amides is 1. The molecule has 0 bridgehead atoms. The third-order valence-corrected chi connectivity index (χ3v) is 2.43. The van der Waals surface area contributed by atoms with Crippen molar-refractivity contribution in [1.29, 1.82) is 0 Å². The lowest BCUT2D eigenvalue weighted by atomic mass is 10.1. The van der Waals surface area contributed by atoms with Crippen molar-refractivity contribution >= 4 is 24.0 Å². The number of aryl methyl sites for hydroxylation is 1. The van der Waals surface area contributed by atoms with Crippen LogP contribution in [0.5, 0.6) is 0 Å². The van der Waals surface area contributed by atoms with Crippen LogP contribution in [0.25, 0.3) is 0 Å². The Hall–Kier alpha value is -1.06. The van der Waals surface area contributed by atoms with E-state index in [-0.39, 0.29) is 24.2 Å². The van der Waals surface area contributed by atoms with E-state index in [2.05, 4.69) is 12.2 Å². The Kier molecular flexibility index (Phi) is 6.77. The van der Waals surface area contributed by atoms with E-state index in [0.717, 1.165) is 12.1 Å². The number of nitrogens with one attached hydrogen (secondary N) is 1. The number of nitrogens with two attached hydrogens (primary N) is 1. The van der Waals surface area contributed by atoms with Gasteiger partial charge in [0, 0.05) is 18.2 Å². The highest BCUT2D eigenvalue weighted by Crippen LogP contribution is 2.10. The molecule has 0 heterocycles. The van der Waals surface area contributed by atoms with Gasteiger partial charge in [-0.25, -0.2) is 0 Å². The molecule has 0 radical (unpaired) electrons. The average Bonchev–Trinajstić information content (AvgIpc) is 2.29. The van der Waals surface area contributed by atoms with Gasteiger partial charge in [0.15, 0.2) is 0 Å². The highest BCUT2D eigenvalue weighted by molar-refractivity contribution is 5.92. The minimum atomic E-state index is -0.143. The van der Waals surface area contributed by atoms with Crippen molar-refractivity contribution in [3.8, 4) is 0 Å². The molecule has 1 rings (SSSR count). The maximum absolute atomic E-state index is 11.5. The van der Waals surface area contributed by atoms with E-state index in [9.17, 15) is 4.79 Å². The van der Waals surface area contributed by atoms with Crippen LogP contribution in [0.1, 0.15) is 19.4 Å². The quantitative estimate of drug-likeness (QED) is 0.851. The molecule has 0 aliphatic rings. The summed E-state index contributed by atoms with van der Waals surface area (Å²) in [7, 11) is 0. The molecule has 1 atom stereocenters. The molecule has 0 aliphatic carbocycles. The molecular weight excluding hydrogens is 224 g/mol. The molecule has 0 fully saturated rings. The van der Waals surface area contributed by atoms with E-state index < -0.39 is 0 Å². The van der Waals surface area contributed by atoms with E-state index >= 15 is 0 Å². The van der Waals surface area contributed by atoms with Gasteiger partial charge in [0.25, 0.3) is 0 Å². The SMILES string of the molecule is CCc1ccc(NC(=O)C(C)CN)cc1.Cl. The van der Waals surface area contributed by atoms with E-state index in [0.29, 0.717) is 6.54 Å². The van der Waals surface area contributed by atoms with Crippen molar-refractivity contribution in [2.24, 2.45) is 11.7 Å². The zero-order valence-electron chi connectivity index (χ0n) is 9.69. The van der Waals surface area contributed by atoms with E-state index in [1.54, 1.807) is 0 Å². The van der Waals surface area contributed by atoms with Crippen LogP contribution in [-0.2, 0) is 11.2 Å². The Morgan fingerprint density at radius 1 is 1.38 bits per heavy atom. The Morgan fingerprint density at radius 2 is 1.94 bits per heavy atom. The molecule has 0 aromatic heterocycles. The van der Waals surface area contributed by atoms with Gasteiger partial charge in [-0.05, 0) is 24.1 Å². The summed E-state index contributed by atoms with van der Waals surface area (Å²) in [4.78, 5) is 11.5. The lowest BCUT2D eigenvalue weighted by Crippen LogP contribution is -2.26. The topological polar surface area (TPSA) is 55.1 Å². The molecule has 1 aromatic rings. The second-order valence-electron chi connectivity index (χ2n) is 3.68. The number of carbonyl (C=O) groups excluding carboxylic acids is 1. The van der Waals surface area contributed by atoms with Gasteiger partial charge in [-0.15, -0.1) is 12.4 Å². The normalized spacial score (nSPS) is 11.4. The van der Waals surface area contributed by atoms with Crippen LogP contribution < -0.4 is 11.1 Å². The maximum Gasteiger partial charge on any atom is 0.228 e. The van der Waals surface area contributed by atoms with E-state index in [1.165, 1.54) is 5.56 Å². The molecule has 1 unspecified atom stereocenters. The fourth-order valence-corrected chi connectivity index (χ4v) is 1.20. The molecule has 16 heavy (non-hydrogen) atoms. The first-order valence-corrected chi connectivity index (χ1v) is 5.27. The van der Waals surface area contributed by atoms with Crippen LogP contribution in [0.2, 0.25) is 0 Å². The number of rotatable bonds is 4. The lowest BCUT2D eigenvalue weighted by molar-refractivity contribution is -0.119. The number of hydrogen-bond donors (Lipinski definition) is 2. The van der Waals surface area contributed by atoms with Gasteiger partial charge in [-0.1, -0.05) is 26.0 Å². The van der Waals surface area contributed by atoms with Gasteiger partial charge in [0.1, 0.15) is 0 Å². The first kappa shape index (κ1) is 14.9. The molecule has 1 aromatic carbocycles. The van der Waals surface area contributed by atoms with Crippen LogP contribution in [0.4, 0.5) is 5.69 Å². The molecule has 4 heteroatoms. The van der Waals surface area contributed by atoms with Crippen molar-refractivity contribution < 1.29 is 4.79 Å². The van der Waals surface area contributed by atoms with Crippen LogP contribution in [0.15, 0.2) is 24.3 Å². The maximum atomic E-state index is 11.5.